The highest BCUT2D eigenvalue weighted by Crippen LogP contribution is 2.38. The third-order valence-electron chi connectivity index (χ3n) is 5.06. The van der Waals surface area contributed by atoms with Gasteiger partial charge in [-0.1, -0.05) is 60.3 Å². The van der Waals surface area contributed by atoms with Crippen molar-refractivity contribution in [3.05, 3.63) is 93.7 Å². The fourth-order valence-corrected chi connectivity index (χ4v) is 5.43. The number of carbonyl (C=O) groups excluding carboxylic acids is 1. The molecule has 1 atom stereocenters. The lowest BCUT2D eigenvalue weighted by molar-refractivity contribution is 0.0991. The van der Waals surface area contributed by atoms with Crippen molar-refractivity contribution in [3.63, 3.8) is 0 Å². The van der Waals surface area contributed by atoms with Crippen LogP contribution in [-0.2, 0) is 7.05 Å². The molecule has 0 radical (unpaired) electrons. The molecule has 2 aromatic carbocycles. The van der Waals surface area contributed by atoms with Crippen LogP contribution in [0.1, 0.15) is 21.2 Å². The van der Waals surface area contributed by atoms with Gasteiger partial charge in [-0.15, -0.1) is 11.3 Å². The van der Waals surface area contributed by atoms with Gasteiger partial charge in [0.15, 0.2) is 10.9 Å². The number of rotatable bonds is 5. The Morgan fingerprint density at radius 2 is 1.87 bits per heavy atom. The molecular weight excluding hydrogens is 414 g/mol. The van der Waals surface area contributed by atoms with Crippen LogP contribution in [0.4, 0.5) is 0 Å². The summed E-state index contributed by atoms with van der Waals surface area (Å²) in [6, 6.07) is 19.2. The van der Waals surface area contributed by atoms with E-state index in [-0.39, 0.29) is 11.3 Å². The van der Waals surface area contributed by atoms with Gasteiger partial charge in [0.05, 0.1) is 5.52 Å². The zero-order valence-electron chi connectivity index (χ0n) is 16.0. The number of para-hydroxylation sites is 1. The van der Waals surface area contributed by atoms with E-state index in [1.54, 1.807) is 13.2 Å². The van der Waals surface area contributed by atoms with Gasteiger partial charge < -0.3 is 4.98 Å². The molecule has 5 aromatic rings. The first kappa shape index (κ1) is 18.8. The van der Waals surface area contributed by atoms with Gasteiger partial charge >= 0.3 is 0 Å². The number of H-pyrrole nitrogens is 1. The first-order valence-corrected chi connectivity index (χ1v) is 11.2. The fourth-order valence-electron chi connectivity index (χ4n) is 3.50. The Labute approximate surface area is 180 Å². The second-order valence-corrected chi connectivity index (χ2v) is 8.90. The molecule has 0 aliphatic carbocycles. The molecule has 30 heavy (non-hydrogen) atoms. The van der Waals surface area contributed by atoms with Gasteiger partial charge in [0.2, 0.25) is 0 Å². The second-order valence-electron chi connectivity index (χ2n) is 6.91. The van der Waals surface area contributed by atoms with Gasteiger partial charge in [-0.3, -0.25) is 14.2 Å². The summed E-state index contributed by atoms with van der Waals surface area (Å²) in [5.41, 5.74) is 3.00. The molecule has 0 amide bonds. The van der Waals surface area contributed by atoms with E-state index in [1.165, 1.54) is 27.7 Å². The number of aromatic nitrogens is 3. The Morgan fingerprint density at radius 3 is 2.70 bits per heavy atom. The summed E-state index contributed by atoms with van der Waals surface area (Å²) in [5.74, 6) is -0.0247. The number of thiophene rings is 1. The topological polar surface area (TPSA) is 67.8 Å². The lowest BCUT2D eigenvalue weighted by atomic mass is 10.0. The minimum absolute atomic E-state index is 0.0247. The molecular formula is C23H17N3O2S2. The Morgan fingerprint density at radius 1 is 1.10 bits per heavy atom. The third-order valence-corrected chi connectivity index (χ3v) is 7.25. The van der Waals surface area contributed by atoms with Crippen molar-refractivity contribution in [2.75, 3.05) is 0 Å². The normalized spacial score (nSPS) is 12.4. The summed E-state index contributed by atoms with van der Waals surface area (Å²) >= 11 is 2.69. The largest absolute Gasteiger partial charge is 0.360 e. The molecule has 0 bridgehead atoms. The fraction of sp³-hybridized carbons (Fsp3) is 0.0870. The van der Waals surface area contributed by atoms with E-state index in [2.05, 4.69) is 9.97 Å². The molecule has 1 N–H and O–H groups in total. The molecule has 0 spiro atoms. The summed E-state index contributed by atoms with van der Waals surface area (Å²) < 4.78 is 2.16. The number of carbonyl (C=O) groups is 1. The summed E-state index contributed by atoms with van der Waals surface area (Å²) in [5, 5.41) is 2.74. The highest BCUT2D eigenvalue weighted by atomic mass is 32.2. The number of ketones is 1. The minimum atomic E-state index is -0.528. The number of benzene rings is 2. The van der Waals surface area contributed by atoms with E-state index in [9.17, 15) is 9.59 Å². The van der Waals surface area contributed by atoms with E-state index in [0.717, 1.165) is 16.5 Å². The number of fused-ring (bicyclic) bond motifs is 2. The molecule has 5 rings (SSSR count). The lowest BCUT2D eigenvalue weighted by Crippen LogP contribution is -2.20. The average Bonchev–Trinajstić information content (AvgIpc) is 3.42. The van der Waals surface area contributed by atoms with Gasteiger partial charge in [0, 0.05) is 29.7 Å². The number of nitrogens with one attached hydrogen (secondary N) is 1. The minimum Gasteiger partial charge on any atom is -0.360 e. The quantitative estimate of drug-likeness (QED) is 0.236. The van der Waals surface area contributed by atoms with Crippen molar-refractivity contribution >= 4 is 50.0 Å². The van der Waals surface area contributed by atoms with Crippen molar-refractivity contribution < 1.29 is 4.79 Å². The van der Waals surface area contributed by atoms with Gasteiger partial charge in [0.25, 0.3) is 5.56 Å². The molecule has 0 fully saturated rings. The smallest absolute Gasteiger partial charge is 0.271 e. The van der Waals surface area contributed by atoms with Crippen molar-refractivity contribution in [1.82, 2.24) is 14.5 Å². The molecule has 7 heteroatoms. The maximum Gasteiger partial charge on any atom is 0.271 e. The number of hydrogen-bond donors (Lipinski definition) is 1. The van der Waals surface area contributed by atoms with E-state index >= 15 is 0 Å². The Balaban J connectivity index is 1.62. The van der Waals surface area contributed by atoms with Crippen LogP contribution in [0.3, 0.4) is 0 Å². The predicted octanol–water partition coefficient (Wildman–Crippen LogP) is 5.19. The predicted molar refractivity (Wildman–Crippen MR) is 123 cm³/mol. The molecule has 0 saturated carbocycles. The summed E-state index contributed by atoms with van der Waals surface area (Å²) in [7, 11) is 1.70. The monoisotopic (exact) mass is 431 g/mol. The van der Waals surface area contributed by atoms with E-state index in [1.807, 2.05) is 66.0 Å². The van der Waals surface area contributed by atoms with E-state index in [4.69, 9.17) is 0 Å². The maximum atomic E-state index is 13.7. The van der Waals surface area contributed by atoms with Crippen molar-refractivity contribution in [1.29, 1.82) is 0 Å². The summed E-state index contributed by atoms with van der Waals surface area (Å²) in [6.45, 7) is 0. The zero-order chi connectivity index (χ0) is 20.7. The third kappa shape index (κ3) is 3.16. The maximum absolute atomic E-state index is 13.7. The molecule has 5 nitrogen and oxygen atoms in total. The Hall–Kier alpha value is -3.16. The molecule has 3 heterocycles. The SMILES string of the molecule is Cn1c(SC(C(=O)c2c[nH]c3ccccc23)c2ccccc2)nc2ccsc2c1=O. The molecule has 0 aliphatic rings. The van der Waals surface area contributed by atoms with Crippen LogP contribution in [0, 0.1) is 0 Å². The van der Waals surface area contributed by atoms with Crippen LogP contribution in [0.2, 0.25) is 0 Å². The van der Waals surface area contributed by atoms with Gasteiger partial charge in [-0.05, 0) is 23.1 Å². The van der Waals surface area contributed by atoms with E-state index in [0.29, 0.717) is 20.9 Å². The Kier molecular flexibility index (Phi) is 4.77. The molecule has 0 aliphatic heterocycles. The zero-order valence-corrected chi connectivity index (χ0v) is 17.7. The van der Waals surface area contributed by atoms with Gasteiger partial charge in [-0.25, -0.2) is 4.98 Å². The molecule has 3 aromatic heterocycles. The molecule has 148 valence electrons. The number of thioether (sulfide) groups is 1. The first-order chi connectivity index (χ1) is 14.6. The van der Waals surface area contributed by atoms with Crippen molar-refractivity contribution in [2.24, 2.45) is 7.05 Å². The van der Waals surface area contributed by atoms with Gasteiger partial charge in [0.1, 0.15) is 9.95 Å². The number of nitrogens with zero attached hydrogens (tertiary/aromatic N) is 2. The van der Waals surface area contributed by atoms with Gasteiger partial charge in [-0.2, -0.15) is 0 Å². The van der Waals surface area contributed by atoms with Crippen LogP contribution in [0.15, 0.2) is 82.2 Å². The van der Waals surface area contributed by atoms with Crippen LogP contribution in [0.5, 0.6) is 0 Å². The number of aromatic amines is 1. The standard InChI is InChI=1S/C23H17N3O2S2/c1-26-22(28)21-18(11-12-29-21)25-23(26)30-20(14-7-3-2-4-8-14)19(27)16-13-24-17-10-6-5-9-15(16)17/h2-13,20,24H,1H3. The van der Waals surface area contributed by atoms with Crippen LogP contribution in [-0.4, -0.2) is 20.3 Å². The van der Waals surface area contributed by atoms with E-state index < -0.39 is 5.25 Å². The van der Waals surface area contributed by atoms with Crippen LogP contribution < -0.4 is 5.56 Å². The highest BCUT2D eigenvalue weighted by Gasteiger charge is 2.27. The highest BCUT2D eigenvalue weighted by molar-refractivity contribution is 8.00. The Bertz CT molecular complexity index is 1430. The number of hydrogen-bond acceptors (Lipinski definition) is 5. The number of Topliss-reactive ketones (excluding diaryl/α,β-unsaturated/α-hetero) is 1. The van der Waals surface area contributed by atoms with Crippen molar-refractivity contribution in [3.8, 4) is 0 Å². The second kappa shape index (κ2) is 7.59. The molecule has 1 unspecified atom stereocenters. The summed E-state index contributed by atoms with van der Waals surface area (Å²) in [6.07, 6.45) is 1.76. The van der Waals surface area contributed by atoms with Crippen molar-refractivity contribution in [2.45, 2.75) is 10.4 Å². The summed E-state index contributed by atoms with van der Waals surface area (Å²) in [4.78, 5) is 34.3. The molecule has 0 saturated heterocycles. The lowest BCUT2D eigenvalue weighted by Gasteiger charge is -2.17. The average molecular weight is 432 g/mol. The van der Waals surface area contributed by atoms with Crippen LogP contribution >= 0.6 is 23.1 Å². The van der Waals surface area contributed by atoms with Crippen LogP contribution in [0.25, 0.3) is 21.1 Å². The first-order valence-electron chi connectivity index (χ1n) is 9.39.